The highest BCUT2D eigenvalue weighted by molar-refractivity contribution is 7.17. The summed E-state index contributed by atoms with van der Waals surface area (Å²) in [6.45, 7) is 2.98. The minimum Gasteiger partial charge on any atom is -0.491 e. The Labute approximate surface area is 222 Å². The van der Waals surface area contributed by atoms with Crippen molar-refractivity contribution >= 4 is 39.1 Å². The van der Waals surface area contributed by atoms with Gasteiger partial charge >= 0.3 is 0 Å². The van der Waals surface area contributed by atoms with E-state index >= 15 is 0 Å². The molecule has 0 radical (unpaired) electrons. The van der Waals surface area contributed by atoms with Gasteiger partial charge in [0.15, 0.2) is 5.78 Å². The van der Waals surface area contributed by atoms with Gasteiger partial charge in [0.1, 0.15) is 23.6 Å². The van der Waals surface area contributed by atoms with Crippen LogP contribution in [-0.2, 0) is 0 Å². The Bertz CT molecular complexity index is 1780. The number of ketones is 1. The van der Waals surface area contributed by atoms with Gasteiger partial charge in [0.05, 0.1) is 39.7 Å². The van der Waals surface area contributed by atoms with Crippen LogP contribution >= 0.6 is 11.3 Å². The number of rotatable bonds is 8. The fourth-order valence-electron chi connectivity index (χ4n) is 4.28. The molecule has 0 unspecified atom stereocenters. The number of hydrogen-bond donors (Lipinski definition) is 2. The first kappa shape index (κ1) is 24.0. The van der Waals surface area contributed by atoms with Gasteiger partial charge in [0.25, 0.3) is 0 Å². The van der Waals surface area contributed by atoms with Crippen LogP contribution in [0.25, 0.3) is 55.0 Å². The third-order valence-electron chi connectivity index (χ3n) is 6.24. The third kappa shape index (κ3) is 4.55. The first-order chi connectivity index (χ1) is 18.5. The highest BCUT2D eigenvalue weighted by Crippen LogP contribution is 2.36. The van der Waals surface area contributed by atoms with Gasteiger partial charge in [-0.25, -0.2) is 4.98 Å². The number of pyridine rings is 3. The van der Waals surface area contributed by atoms with Crippen molar-refractivity contribution in [1.82, 2.24) is 35.0 Å². The maximum atomic E-state index is 11.8. The van der Waals surface area contributed by atoms with Gasteiger partial charge in [0.2, 0.25) is 0 Å². The first-order valence-corrected chi connectivity index (χ1v) is 12.9. The number of Topliss-reactive ketones (excluding diaryl/α,β-unsaturated/α-hetero) is 1. The quantitative estimate of drug-likeness (QED) is 0.256. The van der Waals surface area contributed by atoms with Crippen molar-refractivity contribution in [2.24, 2.45) is 0 Å². The van der Waals surface area contributed by atoms with Crippen LogP contribution in [0.4, 0.5) is 0 Å². The molecular weight excluding hydrogens is 498 g/mol. The number of aromatic amines is 2. The van der Waals surface area contributed by atoms with E-state index in [1.165, 1.54) is 11.3 Å². The molecule has 38 heavy (non-hydrogen) atoms. The second kappa shape index (κ2) is 9.81. The van der Waals surface area contributed by atoms with Crippen molar-refractivity contribution < 1.29 is 9.53 Å². The molecular formula is C28H25N7O2S. The van der Waals surface area contributed by atoms with Crippen LogP contribution in [0.1, 0.15) is 16.6 Å². The molecule has 0 aliphatic carbocycles. The summed E-state index contributed by atoms with van der Waals surface area (Å²) in [5.74, 6) is 0.762. The molecule has 0 saturated heterocycles. The Hall–Kier alpha value is -4.41. The predicted octanol–water partition coefficient (Wildman–Crippen LogP) is 5.43. The molecule has 6 heterocycles. The Balaban J connectivity index is 1.37. The lowest BCUT2D eigenvalue weighted by Gasteiger charge is -2.11. The number of aromatic nitrogens is 6. The second-order valence-corrected chi connectivity index (χ2v) is 10.4. The van der Waals surface area contributed by atoms with Crippen molar-refractivity contribution in [3.63, 3.8) is 0 Å². The molecule has 6 aromatic rings. The van der Waals surface area contributed by atoms with Crippen LogP contribution in [0.15, 0.2) is 61.2 Å². The zero-order chi connectivity index (χ0) is 26.2. The largest absolute Gasteiger partial charge is 0.491 e. The van der Waals surface area contributed by atoms with Crippen LogP contribution in [0.2, 0.25) is 0 Å². The van der Waals surface area contributed by atoms with Crippen molar-refractivity contribution in [3.05, 3.63) is 66.1 Å². The topological polar surface area (TPSA) is 113 Å². The minimum atomic E-state index is 0.0573. The SMILES string of the molecule is CC(=O)c1ccc(-c2cncc3[nH]c(-c4n[nH]c5ccc(-c6cncc(OCCN(C)C)c6)nc45)cc23)s1. The van der Waals surface area contributed by atoms with Gasteiger partial charge in [0, 0.05) is 40.3 Å². The average molecular weight is 524 g/mol. The Kier molecular flexibility index (Phi) is 6.18. The van der Waals surface area contributed by atoms with E-state index in [2.05, 4.69) is 36.1 Å². The van der Waals surface area contributed by atoms with E-state index < -0.39 is 0 Å². The van der Waals surface area contributed by atoms with Crippen molar-refractivity contribution in [2.75, 3.05) is 27.2 Å². The molecule has 0 aromatic carbocycles. The maximum Gasteiger partial charge on any atom is 0.169 e. The minimum absolute atomic E-state index is 0.0573. The molecule has 0 spiro atoms. The molecule has 0 saturated carbocycles. The fraction of sp³-hybridized carbons (Fsp3) is 0.179. The average Bonchev–Trinajstić information content (AvgIpc) is 3.66. The zero-order valence-electron chi connectivity index (χ0n) is 21.1. The van der Waals surface area contributed by atoms with Crippen LogP contribution < -0.4 is 4.74 Å². The number of fused-ring (bicyclic) bond motifs is 2. The van der Waals surface area contributed by atoms with E-state index in [0.717, 1.165) is 60.8 Å². The molecule has 2 N–H and O–H groups in total. The zero-order valence-corrected chi connectivity index (χ0v) is 22.0. The molecule has 0 aliphatic heterocycles. The summed E-state index contributed by atoms with van der Waals surface area (Å²) in [5, 5.41) is 8.67. The van der Waals surface area contributed by atoms with Gasteiger partial charge in [-0.05, 0) is 57.4 Å². The molecule has 0 amide bonds. The number of hydrogen-bond acceptors (Lipinski definition) is 8. The molecule has 0 fully saturated rings. The van der Waals surface area contributed by atoms with E-state index in [4.69, 9.17) is 9.72 Å². The van der Waals surface area contributed by atoms with Crippen molar-refractivity contribution in [2.45, 2.75) is 6.92 Å². The Morgan fingerprint density at radius 1 is 1.03 bits per heavy atom. The van der Waals surface area contributed by atoms with Gasteiger partial charge in [-0.2, -0.15) is 5.10 Å². The van der Waals surface area contributed by atoms with Gasteiger partial charge in [-0.3, -0.25) is 19.9 Å². The molecule has 0 bridgehead atoms. The van der Waals surface area contributed by atoms with E-state index in [9.17, 15) is 4.79 Å². The summed E-state index contributed by atoms with van der Waals surface area (Å²) in [6, 6.07) is 11.8. The number of H-pyrrole nitrogens is 2. The lowest BCUT2D eigenvalue weighted by molar-refractivity contribution is 0.102. The molecule has 9 nitrogen and oxygen atoms in total. The Morgan fingerprint density at radius 2 is 1.89 bits per heavy atom. The number of nitrogens with one attached hydrogen (secondary N) is 2. The number of carbonyl (C=O) groups excluding carboxylic acids is 1. The van der Waals surface area contributed by atoms with E-state index in [1.54, 1.807) is 25.5 Å². The molecule has 0 aliphatic rings. The van der Waals surface area contributed by atoms with Crippen molar-refractivity contribution in [1.29, 1.82) is 0 Å². The van der Waals surface area contributed by atoms with E-state index in [-0.39, 0.29) is 5.78 Å². The van der Waals surface area contributed by atoms with Gasteiger partial charge in [-0.15, -0.1) is 11.3 Å². The summed E-state index contributed by atoms with van der Waals surface area (Å²) in [7, 11) is 4.02. The normalized spacial score (nSPS) is 11.6. The number of ether oxygens (including phenoxy) is 1. The van der Waals surface area contributed by atoms with E-state index in [1.807, 2.05) is 50.6 Å². The molecule has 10 heteroatoms. The lowest BCUT2D eigenvalue weighted by Crippen LogP contribution is -2.19. The maximum absolute atomic E-state index is 11.8. The lowest BCUT2D eigenvalue weighted by atomic mass is 10.1. The van der Waals surface area contributed by atoms with Gasteiger partial charge in [-0.1, -0.05) is 0 Å². The van der Waals surface area contributed by atoms with Crippen LogP contribution in [0.3, 0.4) is 0 Å². The molecule has 6 aromatic heterocycles. The van der Waals surface area contributed by atoms with Crippen LogP contribution in [-0.4, -0.2) is 68.1 Å². The third-order valence-corrected chi connectivity index (χ3v) is 7.46. The Morgan fingerprint density at radius 3 is 2.71 bits per heavy atom. The molecule has 6 rings (SSSR count). The smallest absolute Gasteiger partial charge is 0.169 e. The molecule has 190 valence electrons. The first-order valence-electron chi connectivity index (χ1n) is 12.1. The summed E-state index contributed by atoms with van der Waals surface area (Å²) in [4.78, 5) is 32.8. The number of thiophene rings is 1. The summed E-state index contributed by atoms with van der Waals surface area (Å²) in [5.41, 5.74) is 6.61. The second-order valence-electron chi connectivity index (χ2n) is 9.28. The van der Waals surface area contributed by atoms with Gasteiger partial charge < -0.3 is 14.6 Å². The highest BCUT2D eigenvalue weighted by atomic mass is 32.1. The van der Waals surface area contributed by atoms with Crippen LogP contribution in [0, 0.1) is 0 Å². The monoisotopic (exact) mass is 523 g/mol. The van der Waals surface area contributed by atoms with E-state index in [0.29, 0.717) is 18.1 Å². The summed E-state index contributed by atoms with van der Waals surface area (Å²) < 4.78 is 5.86. The number of carbonyl (C=O) groups is 1. The summed E-state index contributed by atoms with van der Waals surface area (Å²) >= 11 is 1.47. The fourth-order valence-corrected chi connectivity index (χ4v) is 5.20. The molecule has 0 atom stereocenters. The van der Waals surface area contributed by atoms with Crippen molar-refractivity contribution in [3.8, 4) is 38.8 Å². The predicted molar refractivity (Wildman–Crippen MR) is 150 cm³/mol. The highest BCUT2D eigenvalue weighted by Gasteiger charge is 2.17. The summed E-state index contributed by atoms with van der Waals surface area (Å²) in [6.07, 6.45) is 7.12. The standard InChI is InChI=1S/C28H25N7O2S/c1-16(36)25-6-7-26(38-25)20-14-30-15-24-19(20)11-23(31-24)28-27-22(33-34-28)5-4-21(32-27)17-10-18(13-29-12-17)37-9-8-35(2)3/h4-7,10-15,31H,8-9H2,1-3H3,(H,33,34). The number of nitrogens with zero attached hydrogens (tertiary/aromatic N) is 5. The number of likely N-dealkylation sites (N-methyl/N-ethyl adjacent to an activating group) is 1. The van der Waals surface area contributed by atoms with Crippen LogP contribution in [0.5, 0.6) is 5.75 Å².